The summed E-state index contributed by atoms with van der Waals surface area (Å²) in [6, 6.07) is 2.89. The van der Waals surface area contributed by atoms with E-state index in [0.29, 0.717) is 0 Å². The van der Waals surface area contributed by atoms with Crippen LogP contribution in [0.4, 0.5) is 13.2 Å². The Morgan fingerprint density at radius 3 is 1.76 bits per heavy atom. The average molecular weight is 328 g/mol. The van der Waals surface area contributed by atoms with Crippen molar-refractivity contribution in [2.75, 3.05) is 0 Å². The van der Waals surface area contributed by atoms with Crippen molar-refractivity contribution in [3.05, 3.63) is 33.8 Å². The fraction of sp³-hybridized carbons (Fsp3) is 0.250. The van der Waals surface area contributed by atoms with Crippen LogP contribution >= 0.6 is 33.9 Å². The van der Waals surface area contributed by atoms with Crippen LogP contribution < -0.4 is 0 Å². The lowest BCUT2D eigenvalue weighted by atomic mass is 10.1. The highest BCUT2D eigenvalue weighted by Crippen LogP contribution is 2.42. The lowest BCUT2D eigenvalue weighted by molar-refractivity contribution is -0.131. The summed E-state index contributed by atoms with van der Waals surface area (Å²) in [6.07, 6.45) is -5.05. The van der Waals surface area contributed by atoms with Crippen molar-refractivity contribution in [1.29, 1.82) is 0 Å². The third-order valence-corrected chi connectivity index (χ3v) is 3.84. The Balaban J connectivity index is 3.44. The Labute approximate surface area is 110 Å². The number of hydrogen-bond acceptors (Lipinski definition) is 2. The second-order valence-corrected chi connectivity index (χ2v) is 6.69. The van der Waals surface area contributed by atoms with Gasteiger partial charge in [-0.1, -0.05) is 23.2 Å². The van der Waals surface area contributed by atoms with Gasteiger partial charge in [0, 0.05) is 20.7 Å². The number of hydrogen-bond donors (Lipinski definition) is 0. The molecule has 0 N–H and O–H groups in total. The molecule has 1 unspecified atom stereocenters. The molecule has 0 spiro atoms. The Kier molecular flexibility index (Phi) is 4.24. The molecule has 1 aromatic rings. The zero-order valence-electron chi connectivity index (χ0n) is 7.80. The minimum absolute atomic E-state index is 0.109. The molecule has 0 saturated heterocycles. The van der Waals surface area contributed by atoms with Gasteiger partial charge in [0.15, 0.2) is 5.25 Å². The zero-order chi connectivity index (χ0) is 13.4. The maximum absolute atomic E-state index is 12.6. The summed E-state index contributed by atoms with van der Waals surface area (Å²) in [5.41, 5.74) is -0.620. The Bertz CT molecular complexity index is 507. The van der Waals surface area contributed by atoms with Gasteiger partial charge in [-0.15, -0.1) is 0 Å². The van der Waals surface area contributed by atoms with Gasteiger partial charge >= 0.3 is 6.18 Å². The molecular weight excluding hydrogens is 324 g/mol. The summed E-state index contributed by atoms with van der Waals surface area (Å²) in [4.78, 5) is 0. The van der Waals surface area contributed by atoms with E-state index in [-0.39, 0.29) is 10.0 Å². The highest BCUT2D eigenvalue weighted by Gasteiger charge is 2.49. The van der Waals surface area contributed by atoms with Crippen LogP contribution in [-0.2, 0) is 9.05 Å². The van der Waals surface area contributed by atoms with Gasteiger partial charge in [-0.25, -0.2) is 8.42 Å². The average Bonchev–Trinajstić information content (AvgIpc) is 1.93. The quantitative estimate of drug-likeness (QED) is 0.764. The van der Waals surface area contributed by atoms with Crippen LogP contribution in [0.25, 0.3) is 0 Å². The summed E-state index contributed by atoms with van der Waals surface area (Å²) in [5.74, 6) is 0. The van der Waals surface area contributed by atoms with Crippen LogP contribution in [0.15, 0.2) is 18.2 Å². The monoisotopic (exact) mass is 326 g/mol. The predicted octanol–water partition coefficient (Wildman–Crippen LogP) is 4.17. The minimum Gasteiger partial charge on any atom is -0.211 e. The topological polar surface area (TPSA) is 34.1 Å². The van der Waals surface area contributed by atoms with E-state index in [0.717, 1.165) is 12.1 Å². The number of alkyl halides is 3. The normalized spacial score (nSPS) is 14.7. The first-order chi connectivity index (χ1) is 7.51. The van der Waals surface area contributed by atoms with Crippen LogP contribution in [0, 0.1) is 0 Å². The molecule has 0 bridgehead atoms. The standard InChI is InChI=1S/C8H4Cl3F3O2S/c9-5-1-4(2-6(10)3-5)7(8(12,13)14)17(11,15)16/h1-3,7H. The van der Waals surface area contributed by atoms with Gasteiger partial charge in [-0.05, 0) is 23.8 Å². The van der Waals surface area contributed by atoms with Crippen LogP contribution in [0.5, 0.6) is 0 Å². The first-order valence-corrected chi connectivity index (χ1v) is 7.11. The third kappa shape index (κ3) is 3.91. The Morgan fingerprint density at radius 1 is 1.06 bits per heavy atom. The van der Waals surface area contributed by atoms with Gasteiger partial charge in [0.25, 0.3) is 0 Å². The van der Waals surface area contributed by atoms with E-state index < -0.39 is 26.0 Å². The molecular formula is C8H4Cl3F3O2S. The van der Waals surface area contributed by atoms with Gasteiger partial charge in [-0.3, -0.25) is 0 Å². The lowest BCUT2D eigenvalue weighted by Gasteiger charge is -2.17. The first kappa shape index (κ1) is 14.9. The lowest BCUT2D eigenvalue weighted by Crippen LogP contribution is -2.25. The molecule has 0 aliphatic heterocycles. The summed E-state index contributed by atoms with van der Waals surface area (Å²) in [5, 5.41) is -3.07. The molecule has 9 heteroatoms. The van der Waals surface area contributed by atoms with Crippen molar-refractivity contribution in [2.24, 2.45) is 0 Å². The predicted molar refractivity (Wildman–Crippen MR) is 60.0 cm³/mol. The minimum atomic E-state index is -5.05. The maximum Gasteiger partial charge on any atom is 0.410 e. The van der Waals surface area contributed by atoms with E-state index in [2.05, 4.69) is 0 Å². The fourth-order valence-electron chi connectivity index (χ4n) is 1.24. The third-order valence-electron chi connectivity index (χ3n) is 1.77. The highest BCUT2D eigenvalue weighted by molar-refractivity contribution is 8.14. The maximum atomic E-state index is 12.6. The van der Waals surface area contributed by atoms with Gasteiger partial charge in [0.2, 0.25) is 9.05 Å². The van der Waals surface area contributed by atoms with E-state index >= 15 is 0 Å². The molecule has 96 valence electrons. The first-order valence-electron chi connectivity index (χ1n) is 3.98. The molecule has 2 nitrogen and oxygen atoms in total. The highest BCUT2D eigenvalue weighted by atomic mass is 35.7. The van der Waals surface area contributed by atoms with Crippen LogP contribution in [-0.4, -0.2) is 14.6 Å². The molecule has 0 fully saturated rings. The molecule has 0 aliphatic carbocycles. The molecule has 1 rings (SSSR count). The Hall–Kier alpha value is -0.170. The van der Waals surface area contributed by atoms with Crippen molar-refractivity contribution in [3.8, 4) is 0 Å². The zero-order valence-corrected chi connectivity index (χ0v) is 10.9. The van der Waals surface area contributed by atoms with E-state index in [9.17, 15) is 21.6 Å². The van der Waals surface area contributed by atoms with Crippen molar-refractivity contribution >= 4 is 42.9 Å². The number of benzene rings is 1. The molecule has 0 amide bonds. The molecule has 0 heterocycles. The Morgan fingerprint density at radius 2 is 1.47 bits per heavy atom. The van der Waals surface area contributed by atoms with Crippen LogP contribution in [0.2, 0.25) is 10.0 Å². The van der Waals surface area contributed by atoms with E-state index in [1.807, 2.05) is 0 Å². The van der Waals surface area contributed by atoms with Gasteiger partial charge in [0.1, 0.15) is 0 Å². The number of halogens is 6. The van der Waals surface area contributed by atoms with E-state index in [4.69, 9.17) is 33.9 Å². The van der Waals surface area contributed by atoms with E-state index in [1.165, 1.54) is 6.07 Å². The van der Waals surface area contributed by atoms with Crippen molar-refractivity contribution in [1.82, 2.24) is 0 Å². The van der Waals surface area contributed by atoms with Crippen molar-refractivity contribution in [2.45, 2.75) is 11.4 Å². The second-order valence-electron chi connectivity index (χ2n) is 3.10. The largest absolute Gasteiger partial charge is 0.410 e. The summed E-state index contributed by atoms with van der Waals surface area (Å²) in [7, 11) is -0.0902. The van der Waals surface area contributed by atoms with Gasteiger partial charge in [0.05, 0.1) is 0 Å². The second kappa shape index (κ2) is 4.84. The molecule has 17 heavy (non-hydrogen) atoms. The van der Waals surface area contributed by atoms with Gasteiger partial charge < -0.3 is 0 Å². The van der Waals surface area contributed by atoms with E-state index in [1.54, 1.807) is 0 Å². The van der Waals surface area contributed by atoms with Crippen molar-refractivity contribution in [3.63, 3.8) is 0 Å². The number of rotatable bonds is 2. The molecule has 0 aromatic heterocycles. The van der Waals surface area contributed by atoms with Crippen molar-refractivity contribution < 1.29 is 21.6 Å². The molecule has 0 saturated carbocycles. The molecule has 1 atom stereocenters. The summed E-state index contributed by atoms with van der Waals surface area (Å²) in [6.45, 7) is 0. The molecule has 1 aromatic carbocycles. The van der Waals surface area contributed by atoms with Gasteiger partial charge in [-0.2, -0.15) is 13.2 Å². The SMILES string of the molecule is O=S(=O)(Cl)C(c1cc(Cl)cc(Cl)c1)C(F)(F)F. The molecule has 0 radical (unpaired) electrons. The summed E-state index contributed by atoms with van der Waals surface area (Å²) < 4.78 is 59.8. The molecule has 0 aliphatic rings. The summed E-state index contributed by atoms with van der Waals surface area (Å²) >= 11 is 11.0. The fourth-order valence-corrected chi connectivity index (χ4v) is 3.17. The van der Waals surface area contributed by atoms with Crippen LogP contribution in [0.1, 0.15) is 10.8 Å². The van der Waals surface area contributed by atoms with Crippen LogP contribution in [0.3, 0.4) is 0 Å². The smallest absolute Gasteiger partial charge is 0.211 e.